The molecule has 0 unspecified atom stereocenters. The van der Waals surface area contributed by atoms with Crippen molar-refractivity contribution in [3.05, 3.63) is 35.9 Å². The largest absolute Gasteiger partial charge is 0.396 e. The number of carbonyl (C=O) groups excluding carboxylic acids is 1. The number of carbonyl (C=O) groups is 1. The van der Waals surface area contributed by atoms with Crippen LogP contribution >= 0.6 is 0 Å². The summed E-state index contributed by atoms with van der Waals surface area (Å²) in [4.78, 5) is 14.2. The summed E-state index contributed by atoms with van der Waals surface area (Å²) in [5.74, 6) is -0.276. The molecule has 108 valence electrons. The van der Waals surface area contributed by atoms with E-state index in [1.54, 1.807) is 4.90 Å². The Hall–Kier alpha value is -1.43. The highest BCUT2D eigenvalue weighted by atomic mass is 16.5. The highest BCUT2D eigenvalue weighted by molar-refractivity contribution is 5.88. The maximum absolute atomic E-state index is 12.5. The van der Waals surface area contributed by atoms with E-state index >= 15 is 0 Å². The first-order chi connectivity index (χ1) is 9.65. The first-order valence-corrected chi connectivity index (χ1v) is 6.98. The van der Waals surface area contributed by atoms with Gasteiger partial charge in [-0.3, -0.25) is 4.79 Å². The predicted octanol–water partition coefficient (Wildman–Crippen LogP) is 0.820. The molecule has 1 amide bonds. The zero-order valence-corrected chi connectivity index (χ0v) is 11.2. The molecule has 2 aliphatic rings. The van der Waals surface area contributed by atoms with Gasteiger partial charge in [-0.1, -0.05) is 30.3 Å². The highest BCUT2D eigenvalue weighted by Crippen LogP contribution is 2.42. The van der Waals surface area contributed by atoms with E-state index in [1.807, 2.05) is 30.3 Å². The van der Waals surface area contributed by atoms with Gasteiger partial charge in [0.2, 0.25) is 0 Å². The molecule has 20 heavy (non-hydrogen) atoms. The van der Waals surface area contributed by atoms with Gasteiger partial charge in [-0.2, -0.15) is 0 Å². The zero-order valence-electron chi connectivity index (χ0n) is 11.2. The first-order valence-electron chi connectivity index (χ1n) is 6.98. The Morgan fingerprint density at radius 1 is 1.35 bits per heavy atom. The third kappa shape index (κ3) is 2.12. The molecule has 0 radical (unpaired) electrons. The minimum absolute atomic E-state index is 0.0150. The second kappa shape index (κ2) is 5.16. The monoisotopic (exact) mass is 277 g/mol. The number of nitrogens with zero attached hydrogens (tertiary/aromatic N) is 1. The molecule has 0 saturated carbocycles. The Bertz CT molecular complexity index is 492. The molecule has 3 rings (SSSR count). The zero-order chi connectivity index (χ0) is 14.2. The fourth-order valence-corrected chi connectivity index (χ4v) is 3.16. The van der Waals surface area contributed by atoms with Crippen LogP contribution < -0.4 is 0 Å². The Balaban J connectivity index is 1.82. The van der Waals surface area contributed by atoms with Crippen molar-refractivity contribution in [2.45, 2.75) is 37.1 Å². The SMILES string of the molecule is O=C1N2[C@H](CO[C@@H]2c2ccccc2)C[C@@]1(O)CCCO. The lowest BCUT2D eigenvalue weighted by atomic mass is 9.94. The quantitative estimate of drug-likeness (QED) is 0.855. The van der Waals surface area contributed by atoms with Crippen LogP contribution in [0.4, 0.5) is 0 Å². The van der Waals surface area contributed by atoms with Crippen LogP contribution in [0.2, 0.25) is 0 Å². The van der Waals surface area contributed by atoms with Crippen molar-refractivity contribution in [3.8, 4) is 0 Å². The van der Waals surface area contributed by atoms with Crippen LogP contribution in [-0.2, 0) is 9.53 Å². The number of fused-ring (bicyclic) bond motifs is 1. The summed E-state index contributed by atoms with van der Waals surface area (Å²) in [7, 11) is 0. The maximum atomic E-state index is 12.5. The molecule has 1 aromatic rings. The number of aliphatic hydroxyl groups is 2. The molecule has 2 saturated heterocycles. The van der Waals surface area contributed by atoms with Gasteiger partial charge >= 0.3 is 0 Å². The van der Waals surface area contributed by atoms with Gasteiger partial charge in [-0.25, -0.2) is 0 Å². The smallest absolute Gasteiger partial charge is 0.257 e. The van der Waals surface area contributed by atoms with Crippen LogP contribution in [0.1, 0.15) is 31.1 Å². The normalized spacial score (nSPS) is 32.7. The molecule has 0 aromatic heterocycles. The van der Waals surface area contributed by atoms with Gasteiger partial charge in [0.25, 0.3) is 5.91 Å². The lowest BCUT2D eigenvalue weighted by Gasteiger charge is -2.26. The van der Waals surface area contributed by atoms with Crippen LogP contribution in [0.15, 0.2) is 30.3 Å². The van der Waals surface area contributed by atoms with E-state index in [-0.39, 0.29) is 18.6 Å². The molecule has 3 atom stereocenters. The summed E-state index contributed by atoms with van der Waals surface area (Å²) in [6.45, 7) is 0.436. The van der Waals surface area contributed by atoms with E-state index < -0.39 is 11.8 Å². The van der Waals surface area contributed by atoms with E-state index in [0.717, 1.165) is 5.56 Å². The third-order valence-corrected chi connectivity index (χ3v) is 4.13. The van der Waals surface area contributed by atoms with Gasteiger partial charge in [0.05, 0.1) is 12.6 Å². The summed E-state index contributed by atoms with van der Waals surface area (Å²) in [5.41, 5.74) is -0.417. The fourth-order valence-electron chi connectivity index (χ4n) is 3.16. The summed E-state index contributed by atoms with van der Waals surface area (Å²) in [6, 6.07) is 9.50. The number of hydrogen-bond acceptors (Lipinski definition) is 4. The summed E-state index contributed by atoms with van der Waals surface area (Å²) >= 11 is 0. The van der Waals surface area contributed by atoms with E-state index in [9.17, 15) is 9.90 Å². The molecule has 0 spiro atoms. The van der Waals surface area contributed by atoms with Crippen LogP contribution in [0, 0.1) is 0 Å². The Morgan fingerprint density at radius 2 is 2.10 bits per heavy atom. The molecule has 2 N–H and O–H groups in total. The molecule has 5 nitrogen and oxygen atoms in total. The Labute approximate surface area is 117 Å². The minimum Gasteiger partial charge on any atom is -0.396 e. The van der Waals surface area contributed by atoms with Crippen molar-refractivity contribution in [2.75, 3.05) is 13.2 Å². The van der Waals surface area contributed by atoms with Crippen LogP contribution in [0.3, 0.4) is 0 Å². The second-order valence-electron chi connectivity index (χ2n) is 5.53. The number of rotatable bonds is 4. The van der Waals surface area contributed by atoms with Crippen molar-refractivity contribution in [1.29, 1.82) is 0 Å². The molecule has 2 aliphatic heterocycles. The molecule has 2 heterocycles. The van der Waals surface area contributed by atoms with E-state index in [2.05, 4.69) is 0 Å². The van der Waals surface area contributed by atoms with E-state index in [0.29, 0.717) is 25.9 Å². The van der Waals surface area contributed by atoms with Gasteiger partial charge in [0.15, 0.2) is 6.23 Å². The fraction of sp³-hybridized carbons (Fsp3) is 0.533. The molecular weight excluding hydrogens is 258 g/mol. The van der Waals surface area contributed by atoms with Crippen molar-refractivity contribution in [1.82, 2.24) is 4.90 Å². The topological polar surface area (TPSA) is 70.0 Å². The summed E-state index contributed by atoms with van der Waals surface area (Å²) in [5, 5.41) is 19.4. The first kappa shape index (κ1) is 13.5. The molecular formula is C15H19NO4. The Kier molecular flexibility index (Phi) is 3.50. The number of amides is 1. The van der Waals surface area contributed by atoms with Crippen molar-refractivity contribution in [3.63, 3.8) is 0 Å². The third-order valence-electron chi connectivity index (χ3n) is 4.13. The lowest BCUT2D eigenvalue weighted by molar-refractivity contribution is -0.150. The van der Waals surface area contributed by atoms with Gasteiger partial charge in [0, 0.05) is 18.6 Å². The van der Waals surface area contributed by atoms with Gasteiger partial charge in [0.1, 0.15) is 5.60 Å². The number of hydrogen-bond donors (Lipinski definition) is 2. The van der Waals surface area contributed by atoms with E-state index in [1.165, 1.54) is 0 Å². The van der Waals surface area contributed by atoms with Gasteiger partial charge < -0.3 is 19.8 Å². The average Bonchev–Trinajstić information content (AvgIpc) is 2.98. The molecule has 5 heteroatoms. The van der Waals surface area contributed by atoms with E-state index in [4.69, 9.17) is 9.84 Å². The Morgan fingerprint density at radius 3 is 2.80 bits per heavy atom. The molecule has 0 bridgehead atoms. The predicted molar refractivity (Wildman–Crippen MR) is 71.7 cm³/mol. The summed E-state index contributed by atoms with van der Waals surface area (Å²) < 4.78 is 5.72. The maximum Gasteiger partial charge on any atom is 0.257 e. The van der Waals surface area contributed by atoms with Crippen LogP contribution in [-0.4, -0.2) is 45.9 Å². The number of aliphatic hydroxyl groups excluding tert-OH is 1. The molecule has 0 aliphatic carbocycles. The molecule has 1 aromatic carbocycles. The molecule has 2 fully saturated rings. The second-order valence-corrected chi connectivity index (χ2v) is 5.53. The van der Waals surface area contributed by atoms with Gasteiger partial charge in [-0.15, -0.1) is 0 Å². The van der Waals surface area contributed by atoms with Crippen molar-refractivity contribution in [2.24, 2.45) is 0 Å². The van der Waals surface area contributed by atoms with Crippen LogP contribution in [0.5, 0.6) is 0 Å². The summed E-state index contributed by atoms with van der Waals surface area (Å²) in [6.07, 6.45) is 0.711. The minimum atomic E-state index is -1.34. The average molecular weight is 277 g/mol. The van der Waals surface area contributed by atoms with Gasteiger partial charge in [-0.05, 0) is 12.8 Å². The van der Waals surface area contributed by atoms with Crippen LogP contribution in [0.25, 0.3) is 0 Å². The highest BCUT2D eigenvalue weighted by Gasteiger charge is 2.55. The van der Waals surface area contributed by atoms with Crippen molar-refractivity contribution >= 4 is 5.91 Å². The number of benzene rings is 1. The lowest BCUT2D eigenvalue weighted by Crippen LogP contribution is -2.41. The number of ether oxygens (including phenoxy) is 1. The van der Waals surface area contributed by atoms with Crippen molar-refractivity contribution < 1.29 is 19.7 Å². The standard InChI is InChI=1S/C15H19NO4/c17-8-4-7-15(19)9-12-10-20-13(16(12)14(15)18)11-5-2-1-3-6-11/h1-3,5-6,12-13,17,19H,4,7-10H2/t12-,13+,15-/m0/s1.